The van der Waals surface area contributed by atoms with Crippen molar-refractivity contribution in [2.24, 2.45) is 0 Å². The number of ether oxygens (including phenoxy) is 1. The van der Waals surface area contributed by atoms with Gasteiger partial charge < -0.3 is 20.5 Å². The molecule has 16 nitrogen and oxygen atoms in total. The fourth-order valence-corrected chi connectivity index (χ4v) is 5.78. The van der Waals surface area contributed by atoms with Gasteiger partial charge in [0.1, 0.15) is 23.3 Å². The molecule has 0 atom stereocenters. The van der Waals surface area contributed by atoms with Gasteiger partial charge in [-0.1, -0.05) is 0 Å². The summed E-state index contributed by atoms with van der Waals surface area (Å²) < 4.78 is 23.2. The molecule has 0 aliphatic rings. The summed E-state index contributed by atoms with van der Waals surface area (Å²) in [5.74, 6) is -3.25. The van der Waals surface area contributed by atoms with E-state index in [0.29, 0.717) is 29.4 Å². The first-order valence-corrected chi connectivity index (χ1v) is 15.6. The van der Waals surface area contributed by atoms with Crippen LogP contribution >= 0.6 is 11.3 Å². The van der Waals surface area contributed by atoms with Crippen molar-refractivity contribution in [3.05, 3.63) is 118 Å². The van der Waals surface area contributed by atoms with E-state index >= 15 is 4.39 Å². The van der Waals surface area contributed by atoms with Crippen LogP contribution in [0.25, 0.3) is 11.6 Å². The molecule has 2 amide bonds. The van der Waals surface area contributed by atoms with Crippen LogP contribution in [0.2, 0.25) is 0 Å². The van der Waals surface area contributed by atoms with Crippen molar-refractivity contribution in [1.29, 1.82) is 0 Å². The number of aromatic carboxylic acids is 1. The molecule has 252 valence electrons. The van der Waals surface area contributed by atoms with E-state index in [2.05, 4.69) is 41.0 Å². The van der Waals surface area contributed by atoms with E-state index in [1.807, 2.05) is 0 Å². The Hall–Kier alpha value is -6.69. The zero-order chi connectivity index (χ0) is 35.2. The number of carbonyl (C=O) groups is 4. The Kier molecular flexibility index (Phi) is 9.70. The van der Waals surface area contributed by atoms with Gasteiger partial charge in [0, 0.05) is 29.7 Å². The number of halogens is 1. The average molecular weight is 697 g/mol. The van der Waals surface area contributed by atoms with E-state index < -0.39 is 29.6 Å². The van der Waals surface area contributed by atoms with Crippen molar-refractivity contribution in [3.63, 3.8) is 0 Å². The molecule has 6 rings (SSSR count). The van der Waals surface area contributed by atoms with Gasteiger partial charge in [-0.2, -0.15) is 0 Å². The van der Waals surface area contributed by atoms with Gasteiger partial charge in [-0.15, -0.1) is 31.7 Å². The monoisotopic (exact) mass is 696 g/mol. The van der Waals surface area contributed by atoms with Gasteiger partial charge in [0.05, 0.1) is 24.0 Å². The van der Waals surface area contributed by atoms with Crippen molar-refractivity contribution >= 4 is 46.5 Å². The van der Waals surface area contributed by atoms with E-state index in [1.165, 1.54) is 30.9 Å². The standard InChI is InChI=1S/C32H25FN10O6S/c1-49-32(48)20-15-21(33)18(13-24(20)36-29(44)22-5-7-26(40-38-22)42-11-9-34-16-42)3-2-4-19-14-25(28(50-19)31(46)47)37-30(45)23-6-8-27(41-39-23)43-12-10-35-17-43/h5-17H,2-4H2,1H3,(H,36,44)(H,37,45)(H,46,47). The summed E-state index contributed by atoms with van der Waals surface area (Å²) in [7, 11) is 1.13. The van der Waals surface area contributed by atoms with Crippen LogP contribution in [-0.2, 0) is 17.6 Å². The van der Waals surface area contributed by atoms with Crippen molar-refractivity contribution in [2.45, 2.75) is 19.3 Å². The highest BCUT2D eigenvalue weighted by Crippen LogP contribution is 2.30. The Bertz CT molecular complexity index is 2170. The third-order valence-corrected chi connectivity index (χ3v) is 8.42. The fourth-order valence-electron chi connectivity index (χ4n) is 4.79. The fraction of sp³-hybridized carbons (Fsp3) is 0.125. The van der Waals surface area contributed by atoms with E-state index in [9.17, 15) is 24.3 Å². The average Bonchev–Trinajstić information content (AvgIpc) is 3.93. The highest BCUT2D eigenvalue weighted by atomic mass is 32.1. The molecule has 0 aliphatic heterocycles. The first-order valence-electron chi connectivity index (χ1n) is 14.7. The Balaban J connectivity index is 1.13. The van der Waals surface area contributed by atoms with Gasteiger partial charge in [-0.25, -0.2) is 23.9 Å². The van der Waals surface area contributed by atoms with Crippen LogP contribution in [0.15, 0.2) is 79.9 Å². The Morgan fingerprint density at radius 3 is 1.92 bits per heavy atom. The third kappa shape index (κ3) is 7.39. The summed E-state index contributed by atoms with van der Waals surface area (Å²) in [6, 6.07) is 9.89. The molecule has 0 saturated carbocycles. The van der Waals surface area contributed by atoms with E-state index in [-0.39, 0.29) is 45.2 Å². The first-order chi connectivity index (χ1) is 24.2. The number of anilines is 2. The molecule has 0 fully saturated rings. The van der Waals surface area contributed by atoms with E-state index in [0.717, 1.165) is 24.5 Å². The van der Waals surface area contributed by atoms with Crippen LogP contribution < -0.4 is 10.6 Å². The van der Waals surface area contributed by atoms with Crippen molar-refractivity contribution in [2.75, 3.05) is 17.7 Å². The zero-order valence-electron chi connectivity index (χ0n) is 26.0. The molecule has 18 heteroatoms. The number of esters is 1. The minimum atomic E-state index is -1.23. The lowest BCUT2D eigenvalue weighted by Gasteiger charge is -2.13. The van der Waals surface area contributed by atoms with Crippen molar-refractivity contribution in [3.8, 4) is 11.6 Å². The number of thiophene rings is 1. The Morgan fingerprint density at radius 2 is 1.42 bits per heavy atom. The van der Waals surface area contributed by atoms with Gasteiger partial charge in [0.15, 0.2) is 23.0 Å². The van der Waals surface area contributed by atoms with Crippen LogP contribution in [0, 0.1) is 5.82 Å². The molecule has 3 N–H and O–H groups in total. The minimum absolute atomic E-state index is 0.00850. The second kappa shape index (κ2) is 14.6. The van der Waals surface area contributed by atoms with Gasteiger partial charge >= 0.3 is 11.9 Å². The summed E-state index contributed by atoms with van der Waals surface area (Å²) in [5.41, 5.74) is 0.0118. The lowest BCUT2D eigenvalue weighted by atomic mass is 10.0. The van der Waals surface area contributed by atoms with Crippen molar-refractivity contribution < 1.29 is 33.4 Å². The highest BCUT2D eigenvalue weighted by molar-refractivity contribution is 7.14. The predicted octanol–water partition coefficient (Wildman–Crippen LogP) is 4.00. The number of benzene rings is 1. The maximum absolute atomic E-state index is 15.2. The molecule has 0 saturated heterocycles. The summed E-state index contributed by atoms with van der Waals surface area (Å²) in [6.45, 7) is 0. The number of carboxylic acid groups (broad SMARTS) is 1. The summed E-state index contributed by atoms with van der Waals surface area (Å²) in [6.07, 6.45) is 10.4. The van der Waals surface area contributed by atoms with Crippen LogP contribution in [0.3, 0.4) is 0 Å². The van der Waals surface area contributed by atoms with Crippen molar-refractivity contribution in [1.82, 2.24) is 39.5 Å². The molecule has 50 heavy (non-hydrogen) atoms. The molecule has 0 bridgehead atoms. The van der Waals surface area contributed by atoms with Crippen LogP contribution in [0.4, 0.5) is 15.8 Å². The highest BCUT2D eigenvalue weighted by Gasteiger charge is 2.22. The number of amides is 2. The first kappa shape index (κ1) is 33.2. The molecule has 0 aliphatic carbocycles. The lowest BCUT2D eigenvalue weighted by Crippen LogP contribution is -2.18. The molecule has 0 spiro atoms. The topological polar surface area (TPSA) is 209 Å². The van der Waals surface area contributed by atoms with Gasteiger partial charge in [-0.3, -0.25) is 18.7 Å². The number of carbonyl (C=O) groups excluding carboxylic acids is 3. The quantitative estimate of drug-likeness (QED) is 0.155. The molecule has 5 aromatic heterocycles. The number of imidazole rings is 2. The second-order valence-electron chi connectivity index (χ2n) is 10.5. The number of hydrogen-bond donors (Lipinski definition) is 3. The summed E-state index contributed by atoms with van der Waals surface area (Å²) in [5, 5.41) is 30.8. The SMILES string of the molecule is COC(=O)c1cc(F)c(CCCc2cc(NC(=O)c3ccc(-n4ccnc4)nn3)c(C(=O)O)s2)cc1NC(=O)c1ccc(-n2ccnc2)nn1. The number of rotatable bonds is 12. The molecular weight excluding hydrogens is 671 g/mol. The third-order valence-electron chi connectivity index (χ3n) is 7.24. The number of nitrogens with zero attached hydrogens (tertiary/aromatic N) is 8. The van der Waals surface area contributed by atoms with Crippen LogP contribution in [0.1, 0.15) is 57.9 Å². The largest absolute Gasteiger partial charge is 0.477 e. The number of aryl methyl sites for hydroxylation is 2. The smallest absolute Gasteiger partial charge is 0.348 e. The van der Waals surface area contributed by atoms with E-state index in [4.69, 9.17) is 4.74 Å². The molecule has 5 heterocycles. The molecule has 0 radical (unpaired) electrons. The Labute approximate surface area is 285 Å². The molecule has 6 aromatic rings. The van der Waals surface area contributed by atoms with Gasteiger partial charge in [-0.05, 0) is 67.3 Å². The maximum Gasteiger partial charge on any atom is 0.348 e. The molecule has 1 aromatic carbocycles. The maximum atomic E-state index is 15.2. The predicted molar refractivity (Wildman–Crippen MR) is 175 cm³/mol. The number of hydrogen-bond acceptors (Lipinski definition) is 12. The number of carboxylic acids is 1. The number of aromatic nitrogens is 8. The zero-order valence-corrected chi connectivity index (χ0v) is 26.8. The van der Waals surface area contributed by atoms with Crippen LogP contribution in [0.5, 0.6) is 0 Å². The van der Waals surface area contributed by atoms with Crippen LogP contribution in [-0.4, -0.2) is 75.5 Å². The van der Waals surface area contributed by atoms with Gasteiger partial charge in [0.25, 0.3) is 11.8 Å². The summed E-state index contributed by atoms with van der Waals surface area (Å²) in [4.78, 5) is 58.7. The normalized spacial score (nSPS) is 10.8. The van der Waals surface area contributed by atoms with Gasteiger partial charge in [0.2, 0.25) is 0 Å². The number of nitrogens with one attached hydrogen (secondary N) is 2. The molecular formula is C32H25FN10O6S. The van der Waals surface area contributed by atoms with E-state index in [1.54, 1.807) is 52.1 Å². The Morgan fingerprint density at radius 1 is 0.820 bits per heavy atom. The minimum Gasteiger partial charge on any atom is -0.477 e. The lowest BCUT2D eigenvalue weighted by molar-refractivity contribution is 0.0600. The molecule has 0 unspecified atom stereocenters. The second-order valence-corrected chi connectivity index (χ2v) is 11.6. The number of methoxy groups -OCH3 is 1. The summed E-state index contributed by atoms with van der Waals surface area (Å²) >= 11 is 0.973.